The summed E-state index contributed by atoms with van der Waals surface area (Å²) in [6, 6.07) is 0. The van der Waals surface area contributed by atoms with Crippen LogP contribution < -0.4 is 5.73 Å². The largest absolute Gasteiger partial charge is 0.501 e. The van der Waals surface area contributed by atoms with Crippen LogP contribution in [0.15, 0.2) is 44.9 Å². The van der Waals surface area contributed by atoms with Gasteiger partial charge in [-0.15, -0.1) is 5.92 Å². The number of allylic oxidation sites excluding steroid dienone is 2. The van der Waals surface area contributed by atoms with E-state index in [2.05, 4.69) is 21.8 Å². The van der Waals surface area contributed by atoms with E-state index in [-0.39, 0.29) is 0 Å². The number of nitrogens with zero attached hydrogens (tertiary/aromatic N) is 3. The van der Waals surface area contributed by atoms with Crippen LogP contribution >= 0.6 is 0 Å². The fourth-order valence-corrected chi connectivity index (χ4v) is 2.35. The Bertz CT molecular complexity index is 688. The first-order valence-corrected chi connectivity index (χ1v) is 8.18. The maximum atomic E-state index is 6.03. The monoisotopic (exact) mass is 344 g/mol. The number of aliphatic imine (C=N–C) groups is 2. The van der Waals surface area contributed by atoms with Crippen LogP contribution in [-0.2, 0) is 9.47 Å². The molecule has 0 amide bonds. The molecule has 0 bridgehead atoms. The second-order valence-corrected chi connectivity index (χ2v) is 5.29. The predicted octanol–water partition coefficient (Wildman–Crippen LogP) is 2.46. The van der Waals surface area contributed by atoms with Crippen molar-refractivity contribution in [3.05, 3.63) is 34.9 Å². The van der Waals surface area contributed by atoms with Crippen LogP contribution in [0.2, 0.25) is 0 Å². The summed E-state index contributed by atoms with van der Waals surface area (Å²) in [5, 5.41) is 0. The average Bonchev–Trinajstić information content (AvgIpc) is 2.78. The van der Waals surface area contributed by atoms with Crippen molar-refractivity contribution in [2.45, 2.75) is 27.2 Å². The third-order valence-electron chi connectivity index (χ3n) is 3.73. The van der Waals surface area contributed by atoms with E-state index in [1.807, 2.05) is 31.9 Å². The summed E-state index contributed by atoms with van der Waals surface area (Å²) in [7, 11) is 5.33. The summed E-state index contributed by atoms with van der Waals surface area (Å²) in [4.78, 5) is 10.8. The Morgan fingerprint density at radius 3 is 2.80 bits per heavy atom. The summed E-state index contributed by atoms with van der Waals surface area (Å²) in [5.41, 5.74) is 8.46. The summed E-state index contributed by atoms with van der Waals surface area (Å²) >= 11 is 0. The molecule has 0 saturated carbocycles. The van der Waals surface area contributed by atoms with E-state index in [1.54, 1.807) is 27.2 Å². The minimum absolute atomic E-state index is 0.421. The summed E-state index contributed by atoms with van der Waals surface area (Å²) in [6.07, 6.45) is 4.31. The van der Waals surface area contributed by atoms with Crippen LogP contribution in [0.3, 0.4) is 0 Å². The third-order valence-corrected chi connectivity index (χ3v) is 3.73. The van der Waals surface area contributed by atoms with E-state index < -0.39 is 0 Å². The molecule has 1 rings (SSSR count). The van der Waals surface area contributed by atoms with Crippen LogP contribution in [0.5, 0.6) is 0 Å². The SMILES string of the molecule is CC#C/C=C1/N=C(N)CC=C(N(C)/C(COCC)=N\C)/C1=C(/C)OC. The molecule has 1 aliphatic rings. The van der Waals surface area contributed by atoms with Crippen molar-refractivity contribution in [3.8, 4) is 11.8 Å². The number of likely N-dealkylation sites (N-methyl/N-ethyl adjacent to an activating group) is 1. The van der Waals surface area contributed by atoms with E-state index >= 15 is 0 Å². The minimum Gasteiger partial charge on any atom is -0.501 e. The number of nitrogens with two attached hydrogens (primary N) is 1. The first kappa shape index (κ1) is 20.5. The van der Waals surface area contributed by atoms with Crippen LogP contribution in [0, 0.1) is 11.8 Å². The quantitative estimate of drug-likeness (QED) is 0.360. The first-order valence-electron chi connectivity index (χ1n) is 8.18. The standard InChI is InChI=1S/C19H28N4O2/c1-7-9-10-15-19(14(3)24-6)16(11-12-17(20)22-15)23(5)18(21-4)13-25-8-2/h10-11H,8,12-13H2,1-6H3,(H2,20,22)/b15-10+,19-14-,21-18-. The molecular weight excluding hydrogens is 316 g/mol. The van der Waals surface area contributed by atoms with Crippen LogP contribution in [0.1, 0.15) is 27.2 Å². The molecule has 136 valence electrons. The van der Waals surface area contributed by atoms with Crippen LogP contribution in [0.4, 0.5) is 0 Å². The molecular formula is C19H28N4O2. The number of amidine groups is 2. The van der Waals surface area contributed by atoms with Gasteiger partial charge < -0.3 is 20.1 Å². The van der Waals surface area contributed by atoms with Gasteiger partial charge in [0.15, 0.2) is 0 Å². The predicted molar refractivity (Wildman–Crippen MR) is 103 cm³/mol. The molecule has 0 atom stereocenters. The highest BCUT2D eigenvalue weighted by molar-refractivity contribution is 5.88. The molecule has 0 aromatic heterocycles. The van der Waals surface area contributed by atoms with Gasteiger partial charge in [-0.3, -0.25) is 4.99 Å². The molecule has 25 heavy (non-hydrogen) atoms. The van der Waals surface area contributed by atoms with Gasteiger partial charge >= 0.3 is 0 Å². The molecule has 2 N–H and O–H groups in total. The van der Waals surface area contributed by atoms with Crippen LogP contribution in [-0.4, -0.2) is 51.0 Å². The van der Waals surface area contributed by atoms with Crippen molar-refractivity contribution in [2.24, 2.45) is 15.7 Å². The fourth-order valence-electron chi connectivity index (χ4n) is 2.35. The summed E-state index contributed by atoms with van der Waals surface area (Å²) < 4.78 is 11.0. The van der Waals surface area contributed by atoms with Crippen molar-refractivity contribution < 1.29 is 9.47 Å². The number of rotatable bonds is 5. The van der Waals surface area contributed by atoms with Gasteiger partial charge in [-0.2, -0.15) is 0 Å². The zero-order chi connectivity index (χ0) is 18.8. The van der Waals surface area contributed by atoms with Crippen molar-refractivity contribution in [1.82, 2.24) is 4.90 Å². The Balaban J connectivity index is 3.46. The van der Waals surface area contributed by atoms with Gasteiger partial charge in [0.25, 0.3) is 0 Å². The zero-order valence-corrected chi connectivity index (χ0v) is 16.0. The normalized spacial score (nSPS) is 18.6. The van der Waals surface area contributed by atoms with Gasteiger partial charge in [-0.1, -0.05) is 12.0 Å². The molecule has 0 saturated heterocycles. The molecule has 1 aliphatic heterocycles. The highest BCUT2D eigenvalue weighted by Gasteiger charge is 2.23. The molecule has 0 aromatic carbocycles. The van der Waals surface area contributed by atoms with Crippen molar-refractivity contribution in [3.63, 3.8) is 0 Å². The Kier molecular flexibility index (Phi) is 8.51. The first-order chi connectivity index (χ1) is 12.0. The maximum Gasteiger partial charge on any atom is 0.129 e. The Hall–Kier alpha value is -2.52. The molecule has 6 heteroatoms. The van der Waals surface area contributed by atoms with E-state index in [1.165, 1.54) is 0 Å². The second kappa shape index (κ2) is 10.4. The molecule has 6 nitrogen and oxygen atoms in total. The van der Waals surface area contributed by atoms with Crippen LogP contribution in [0.25, 0.3) is 0 Å². The molecule has 0 fully saturated rings. The molecule has 1 heterocycles. The Morgan fingerprint density at radius 1 is 1.52 bits per heavy atom. The lowest BCUT2D eigenvalue weighted by Gasteiger charge is -2.26. The average molecular weight is 344 g/mol. The maximum absolute atomic E-state index is 6.03. The lowest BCUT2D eigenvalue weighted by Crippen LogP contribution is -2.31. The van der Waals surface area contributed by atoms with Gasteiger partial charge in [-0.25, -0.2) is 4.99 Å². The third kappa shape index (κ3) is 5.50. The molecule has 0 unspecified atom stereocenters. The lowest BCUT2D eigenvalue weighted by atomic mass is 10.1. The molecule has 0 aromatic rings. The van der Waals surface area contributed by atoms with E-state index in [0.717, 1.165) is 22.9 Å². The lowest BCUT2D eigenvalue weighted by molar-refractivity contribution is 0.181. The topological polar surface area (TPSA) is 72.4 Å². The molecule has 0 aliphatic carbocycles. The summed E-state index contributed by atoms with van der Waals surface area (Å²) in [5.74, 6) is 7.86. The molecule has 0 spiro atoms. The fraction of sp³-hybridized carbons (Fsp3) is 0.474. The highest BCUT2D eigenvalue weighted by Crippen LogP contribution is 2.30. The summed E-state index contributed by atoms with van der Waals surface area (Å²) in [6.45, 7) is 6.67. The highest BCUT2D eigenvalue weighted by atomic mass is 16.5. The van der Waals surface area contributed by atoms with Crippen molar-refractivity contribution in [1.29, 1.82) is 0 Å². The number of methoxy groups -OCH3 is 1. The zero-order valence-electron chi connectivity index (χ0n) is 16.0. The van der Waals surface area contributed by atoms with Gasteiger partial charge in [0.1, 0.15) is 24.0 Å². The van der Waals surface area contributed by atoms with E-state index in [4.69, 9.17) is 15.2 Å². The Labute approximate surface area is 150 Å². The van der Waals surface area contributed by atoms with Gasteiger partial charge in [-0.05, 0) is 20.8 Å². The number of hydrogen-bond donors (Lipinski definition) is 1. The second-order valence-electron chi connectivity index (χ2n) is 5.29. The van der Waals surface area contributed by atoms with E-state index in [9.17, 15) is 0 Å². The smallest absolute Gasteiger partial charge is 0.129 e. The van der Waals surface area contributed by atoms with Gasteiger partial charge in [0.2, 0.25) is 0 Å². The Morgan fingerprint density at radius 2 is 2.24 bits per heavy atom. The van der Waals surface area contributed by atoms with Crippen molar-refractivity contribution >= 4 is 11.7 Å². The molecule has 0 radical (unpaired) electrons. The number of ether oxygens (including phenoxy) is 2. The minimum atomic E-state index is 0.421. The van der Waals surface area contributed by atoms with E-state index in [0.29, 0.717) is 31.2 Å². The number of hydrogen-bond acceptors (Lipinski definition) is 5. The van der Waals surface area contributed by atoms with Gasteiger partial charge in [0, 0.05) is 33.2 Å². The van der Waals surface area contributed by atoms with Gasteiger partial charge in [0.05, 0.1) is 24.1 Å². The van der Waals surface area contributed by atoms with Crippen molar-refractivity contribution in [2.75, 3.05) is 34.4 Å².